The van der Waals surface area contributed by atoms with Gasteiger partial charge in [0.05, 0.1) is 31.4 Å². The highest BCUT2D eigenvalue weighted by Crippen LogP contribution is 2.33. The van der Waals surface area contributed by atoms with Crippen LogP contribution in [0.3, 0.4) is 0 Å². The molecule has 0 spiro atoms. The molecule has 1 N–H and O–H groups in total. The zero-order valence-electron chi connectivity index (χ0n) is 29.3. The predicted octanol–water partition coefficient (Wildman–Crippen LogP) is 7.16. The van der Waals surface area contributed by atoms with Gasteiger partial charge in [-0.15, -0.1) is 0 Å². The molecule has 4 aromatic carbocycles. The number of nitrogens with one attached hydrogen (secondary N) is 1. The summed E-state index contributed by atoms with van der Waals surface area (Å²) in [7, 11) is -1.58. The third-order valence-corrected chi connectivity index (χ3v) is 10.8. The quantitative estimate of drug-likeness (QED) is 0.122. The van der Waals surface area contributed by atoms with E-state index in [2.05, 4.69) is 5.32 Å². The van der Waals surface area contributed by atoms with E-state index in [0.29, 0.717) is 40.1 Å². The lowest BCUT2D eigenvalue weighted by Gasteiger charge is -2.34. The number of anilines is 1. The Balaban J connectivity index is 1.87. The van der Waals surface area contributed by atoms with Crippen LogP contribution in [0.2, 0.25) is 10.0 Å². The second-order valence-electron chi connectivity index (χ2n) is 11.7. The van der Waals surface area contributed by atoms with Gasteiger partial charge in [-0.1, -0.05) is 66.5 Å². The predicted molar refractivity (Wildman–Crippen MR) is 201 cm³/mol. The molecule has 0 unspecified atom stereocenters. The normalized spacial score (nSPS) is 12.4. The number of sulfonamides is 1. The number of ether oxygens (including phenoxy) is 3. The van der Waals surface area contributed by atoms with E-state index in [-0.39, 0.29) is 35.3 Å². The Kier molecular flexibility index (Phi) is 14.0. The van der Waals surface area contributed by atoms with Gasteiger partial charge in [0.2, 0.25) is 11.8 Å². The molecule has 13 heteroatoms. The first kappa shape index (κ1) is 39.3. The number of rotatable bonds is 17. The molecule has 51 heavy (non-hydrogen) atoms. The highest BCUT2D eigenvalue weighted by Gasteiger charge is 2.36. The molecule has 272 valence electrons. The average Bonchev–Trinajstić information content (AvgIpc) is 3.13. The molecule has 0 bridgehead atoms. The summed E-state index contributed by atoms with van der Waals surface area (Å²) in [6.07, 6.45) is 0.797. The molecule has 0 fully saturated rings. The molecule has 10 nitrogen and oxygen atoms in total. The maximum atomic E-state index is 14.8. The Hall–Kier alpha value is -4.45. The van der Waals surface area contributed by atoms with Gasteiger partial charge in [-0.25, -0.2) is 8.42 Å². The fourth-order valence-corrected chi connectivity index (χ4v) is 7.30. The molecule has 0 radical (unpaired) electrons. The minimum Gasteiger partial charge on any atom is -0.494 e. The van der Waals surface area contributed by atoms with Crippen LogP contribution in [-0.2, 0) is 32.6 Å². The molecule has 0 aromatic heterocycles. The van der Waals surface area contributed by atoms with Gasteiger partial charge in [0.25, 0.3) is 10.0 Å². The third kappa shape index (κ3) is 9.87. The zero-order chi connectivity index (χ0) is 37.1. The Labute approximate surface area is 310 Å². The molecule has 0 saturated carbocycles. The van der Waals surface area contributed by atoms with Gasteiger partial charge < -0.3 is 24.4 Å². The van der Waals surface area contributed by atoms with Crippen molar-refractivity contribution in [1.82, 2.24) is 10.2 Å². The van der Waals surface area contributed by atoms with Gasteiger partial charge in [0, 0.05) is 40.7 Å². The lowest BCUT2D eigenvalue weighted by atomic mass is 10.0. The topological polar surface area (TPSA) is 114 Å². The van der Waals surface area contributed by atoms with E-state index >= 15 is 0 Å². The number of carbonyl (C=O) groups is 2. The Morgan fingerprint density at radius 2 is 1.49 bits per heavy atom. The summed E-state index contributed by atoms with van der Waals surface area (Å²) in [4.78, 5) is 30.1. The number of amides is 2. The van der Waals surface area contributed by atoms with Crippen molar-refractivity contribution in [1.29, 1.82) is 0 Å². The van der Waals surface area contributed by atoms with Crippen molar-refractivity contribution in [3.63, 3.8) is 0 Å². The maximum absolute atomic E-state index is 14.8. The van der Waals surface area contributed by atoms with E-state index in [0.717, 1.165) is 9.87 Å². The first-order valence-corrected chi connectivity index (χ1v) is 18.7. The van der Waals surface area contributed by atoms with E-state index in [1.807, 2.05) is 51.1 Å². The SMILES string of the molecule is CCOc1ccc(N(CC(=O)N(Cc2c(Cl)cccc2Cl)[C@H](Cc2ccccc2)C(=O)N[C@@H](C)CC)S(=O)(=O)c2ccc(OC)c(OC)c2)cc1. The highest BCUT2D eigenvalue weighted by atomic mass is 35.5. The van der Waals surface area contributed by atoms with E-state index in [4.69, 9.17) is 37.4 Å². The summed E-state index contributed by atoms with van der Waals surface area (Å²) in [5, 5.41) is 3.60. The van der Waals surface area contributed by atoms with E-state index in [1.165, 1.54) is 37.3 Å². The second-order valence-corrected chi connectivity index (χ2v) is 14.4. The Morgan fingerprint density at radius 3 is 2.08 bits per heavy atom. The van der Waals surface area contributed by atoms with E-state index in [1.54, 1.807) is 42.5 Å². The lowest BCUT2D eigenvalue weighted by molar-refractivity contribution is -0.140. The van der Waals surface area contributed by atoms with E-state index in [9.17, 15) is 18.0 Å². The Morgan fingerprint density at radius 1 is 0.843 bits per heavy atom. The summed E-state index contributed by atoms with van der Waals surface area (Å²) in [6, 6.07) is 23.5. The molecule has 0 aliphatic carbocycles. The molecule has 0 aliphatic rings. The van der Waals surface area contributed by atoms with Gasteiger partial charge in [-0.2, -0.15) is 0 Å². The minimum atomic E-state index is -4.43. The van der Waals surface area contributed by atoms with Crippen LogP contribution in [0.1, 0.15) is 38.3 Å². The summed E-state index contributed by atoms with van der Waals surface area (Å²) < 4.78 is 46.3. The molecule has 4 aromatic rings. The van der Waals surface area contributed by atoms with Gasteiger partial charge in [-0.3, -0.25) is 13.9 Å². The lowest BCUT2D eigenvalue weighted by Crippen LogP contribution is -2.54. The van der Waals surface area contributed by atoms with Crippen LogP contribution >= 0.6 is 23.2 Å². The van der Waals surface area contributed by atoms with Crippen LogP contribution in [0.15, 0.2) is 95.9 Å². The van der Waals surface area contributed by atoms with E-state index < -0.39 is 34.4 Å². The maximum Gasteiger partial charge on any atom is 0.264 e. The van der Waals surface area contributed by atoms with Gasteiger partial charge >= 0.3 is 0 Å². The molecule has 0 heterocycles. The molecular formula is C38H43Cl2N3O7S. The molecule has 2 atom stereocenters. The smallest absolute Gasteiger partial charge is 0.264 e. The fraction of sp³-hybridized carbons (Fsp3) is 0.316. The summed E-state index contributed by atoms with van der Waals surface area (Å²) in [5.41, 5.74) is 1.41. The zero-order valence-corrected chi connectivity index (χ0v) is 31.6. The Bertz CT molecular complexity index is 1870. The molecule has 2 amide bonds. The number of hydrogen-bond acceptors (Lipinski definition) is 7. The molecular weight excluding hydrogens is 713 g/mol. The van der Waals surface area contributed by atoms with Crippen LogP contribution < -0.4 is 23.8 Å². The first-order chi connectivity index (χ1) is 24.4. The standard InChI is InChI=1S/C38H43Cl2N3O7S/c1-6-26(3)41-38(45)34(22-27-12-9-8-10-13-27)42(24-31-32(39)14-11-15-33(31)40)37(44)25-43(28-16-18-29(19-17-28)50-7-2)51(46,47)30-20-21-35(48-4)36(23-30)49-5/h8-21,23,26,34H,6-7,22,24-25H2,1-5H3,(H,41,45)/t26-,34+/m0/s1. The van der Waals surface area contributed by atoms with Crippen LogP contribution in [0.4, 0.5) is 5.69 Å². The van der Waals surface area contributed by atoms with Crippen molar-refractivity contribution >= 4 is 50.7 Å². The number of methoxy groups -OCH3 is 2. The van der Waals surface area contributed by atoms with Crippen LogP contribution in [-0.4, -0.2) is 64.6 Å². The minimum absolute atomic E-state index is 0.141. The molecule has 4 rings (SSSR count). The second kappa shape index (κ2) is 18.2. The van der Waals surface area contributed by atoms with Gasteiger partial charge in [0.15, 0.2) is 11.5 Å². The van der Waals surface area contributed by atoms with Crippen LogP contribution in [0.25, 0.3) is 0 Å². The van der Waals surface area contributed by atoms with Gasteiger partial charge in [0.1, 0.15) is 18.3 Å². The number of hydrogen-bond donors (Lipinski definition) is 1. The highest BCUT2D eigenvalue weighted by molar-refractivity contribution is 7.92. The van der Waals surface area contributed by atoms with Crippen molar-refractivity contribution in [2.24, 2.45) is 0 Å². The van der Waals surface area contributed by atoms with Crippen molar-refractivity contribution < 1.29 is 32.2 Å². The van der Waals surface area contributed by atoms with Gasteiger partial charge in [-0.05, 0) is 74.4 Å². The summed E-state index contributed by atoms with van der Waals surface area (Å²) >= 11 is 13.2. The van der Waals surface area contributed by atoms with Crippen molar-refractivity contribution in [3.05, 3.63) is 112 Å². The van der Waals surface area contributed by atoms with Crippen molar-refractivity contribution in [2.45, 2.75) is 57.1 Å². The largest absolute Gasteiger partial charge is 0.494 e. The van der Waals surface area contributed by atoms with Crippen molar-refractivity contribution in [3.8, 4) is 17.2 Å². The van der Waals surface area contributed by atoms with Crippen LogP contribution in [0, 0.1) is 0 Å². The van der Waals surface area contributed by atoms with Crippen molar-refractivity contribution in [2.75, 3.05) is 31.7 Å². The average molecular weight is 757 g/mol. The number of carbonyl (C=O) groups excluding carboxylic acids is 2. The number of benzene rings is 4. The monoisotopic (exact) mass is 755 g/mol. The summed E-state index contributed by atoms with van der Waals surface area (Å²) in [6.45, 7) is 5.22. The summed E-state index contributed by atoms with van der Waals surface area (Å²) in [5.74, 6) is -0.0184. The third-order valence-electron chi connectivity index (χ3n) is 8.32. The number of nitrogens with zero attached hydrogens (tertiary/aromatic N) is 2. The molecule has 0 saturated heterocycles. The van der Waals surface area contributed by atoms with Crippen LogP contribution in [0.5, 0.6) is 17.2 Å². The number of halogens is 2. The molecule has 0 aliphatic heterocycles. The fourth-order valence-electron chi connectivity index (χ4n) is 5.36. The first-order valence-electron chi connectivity index (χ1n) is 16.5.